The van der Waals surface area contributed by atoms with E-state index in [9.17, 15) is 9.90 Å². The molecule has 2 N–H and O–H groups in total. The van der Waals surface area contributed by atoms with E-state index in [0.717, 1.165) is 10.0 Å². The van der Waals surface area contributed by atoms with Crippen LogP contribution in [0.5, 0.6) is 0 Å². The van der Waals surface area contributed by atoms with E-state index in [2.05, 4.69) is 45.5 Å². The Morgan fingerprint density at radius 3 is 2.17 bits per heavy atom. The lowest BCUT2D eigenvalue weighted by Crippen LogP contribution is -2.27. The predicted molar refractivity (Wildman–Crippen MR) is 117 cm³/mol. The summed E-state index contributed by atoms with van der Waals surface area (Å²) < 4.78 is 6.47. The molecule has 1 unspecified atom stereocenters. The van der Waals surface area contributed by atoms with E-state index in [0.29, 0.717) is 13.0 Å². The first-order valence-electron chi connectivity index (χ1n) is 9.66. The van der Waals surface area contributed by atoms with Crippen molar-refractivity contribution >= 4 is 22.0 Å². The van der Waals surface area contributed by atoms with Crippen molar-refractivity contribution in [2.75, 3.05) is 13.2 Å². The van der Waals surface area contributed by atoms with E-state index < -0.39 is 12.2 Å². The van der Waals surface area contributed by atoms with Gasteiger partial charge in [-0.25, -0.2) is 4.79 Å². The molecule has 3 aromatic carbocycles. The molecule has 4 nitrogen and oxygen atoms in total. The van der Waals surface area contributed by atoms with Crippen LogP contribution in [0.2, 0.25) is 0 Å². The predicted octanol–water partition coefficient (Wildman–Crippen LogP) is 5.41. The molecule has 0 radical (unpaired) electrons. The molecule has 1 amide bonds. The van der Waals surface area contributed by atoms with Crippen LogP contribution in [-0.2, 0) is 4.74 Å². The SMILES string of the molecule is O=C(NCCC(O)c1ccc(Br)cc1)OCC1c2ccccc2-c2ccccc21. The number of aliphatic hydroxyl groups excluding tert-OH is 1. The largest absolute Gasteiger partial charge is 0.449 e. The van der Waals surface area contributed by atoms with E-state index >= 15 is 0 Å². The first-order chi connectivity index (χ1) is 14.1. The molecule has 0 saturated heterocycles. The third-order valence-corrected chi connectivity index (χ3v) is 5.81. The van der Waals surface area contributed by atoms with Crippen molar-refractivity contribution in [2.45, 2.75) is 18.4 Å². The van der Waals surface area contributed by atoms with Gasteiger partial charge in [-0.05, 0) is 46.4 Å². The van der Waals surface area contributed by atoms with Gasteiger partial charge in [0.05, 0.1) is 6.10 Å². The standard InChI is InChI=1S/C24H22BrNO3/c25-17-11-9-16(10-12-17)23(27)13-14-26-24(28)29-15-22-20-7-3-1-5-18(20)19-6-2-4-8-21(19)22/h1-12,22-23,27H,13-15H2,(H,26,28). The Morgan fingerprint density at radius 2 is 1.55 bits per heavy atom. The van der Waals surface area contributed by atoms with Crippen LogP contribution in [0, 0.1) is 0 Å². The number of ether oxygens (including phenoxy) is 1. The summed E-state index contributed by atoms with van der Waals surface area (Å²) in [6.45, 7) is 0.628. The highest BCUT2D eigenvalue weighted by atomic mass is 79.9. The summed E-state index contributed by atoms with van der Waals surface area (Å²) in [6, 6.07) is 24.0. The van der Waals surface area contributed by atoms with E-state index in [4.69, 9.17) is 4.74 Å². The van der Waals surface area contributed by atoms with Crippen LogP contribution < -0.4 is 5.32 Å². The Morgan fingerprint density at radius 1 is 0.966 bits per heavy atom. The minimum Gasteiger partial charge on any atom is -0.449 e. The van der Waals surface area contributed by atoms with Gasteiger partial charge in [0.1, 0.15) is 6.61 Å². The number of hydrogen-bond donors (Lipinski definition) is 2. The number of carbonyl (C=O) groups excluding carboxylic acids is 1. The number of amides is 1. The lowest BCUT2D eigenvalue weighted by Gasteiger charge is -2.15. The van der Waals surface area contributed by atoms with E-state index in [-0.39, 0.29) is 12.5 Å². The average Bonchev–Trinajstić information content (AvgIpc) is 3.06. The number of alkyl carbamates (subject to hydrolysis) is 1. The number of aliphatic hydroxyl groups is 1. The molecule has 5 heteroatoms. The van der Waals surface area contributed by atoms with Crippen molar-refractivity contribution in [2.24, 2.45) is 0 Å². The zero-order valence-corrected chi connectivity index (χ0v) is 17.4. The topological polar surface area (TPSA) is 58.6 Å². The first kappa shape index (κ1) is 19.7. The summed E-state index contributed by atoms with van der Waals surface area (Å²) in [5, 5.41) is 13.0. The zero-order chi connectivity index (χ0) is 20.2. The number of rotatable bonds is 6. The highest BCUT2D eigenvalue weighted by Gasteiger charge is 2.28. The maximum absolute atomic E-state index is 12.2. The second-order valence-electron chi connectivity index (χ2n) is 7.11. The molecule has 3 aromatic rings. The quantitative estimate of drug-likeness (QED) is 0.526. The maximum atomic E-state index is 12.2. The number of nitrogens with one attached hydrogen (secondary N) is 1. The summed E-state index contributed by atoms with van der Waals surface area (Å²) in [4.78, 5) is 12.2. The van der Waals surface area contributed by atoms with Crippen LogP contribution in [0.3, 0.4) is 0 Å². The molecule has 29 heavy (non-hydrogen) atoms. The Labute approximate surface area is 178 Å². The fraction of sp³-hybridized carbons (Fsp3) is 0.208. The van der Waals surface area contributed by atoms with Gasteiger partial charge in [-0.3, -0.25) is 0 Å². The molecule has 0 heterocycles. The number of carbonyl (C=O) groups is 1. The molecule has 0 aliphatic heterocycles. The van der Waals surface area contributed by atoms with E-state index in [1.807, 2.05) is 48.5 Å². The second-order valence-corrected chi connectivity index (χ2v) is 8.02. The minimum atomic E-state index is -0.628. The molecule has 1 aliphatic carbocycles. The van der Waals surface area contributed by atoms with Crippen molar-refractivity contribution in [3.8, 4) is 11.1 Å². The van der Waals surface area contributed by atoms with Crippen molar-refractivity contribution < 1.29 is 14.6 Å². The second kappa shape index (κ2) is 8.80. The zero-order valence-electron chi connectivity index (χ0n) is 15.8. The highest BCUT2D eigenvalue weighted by molar-refractivity contribution is 9.10. The van der Waals surface area contributed by atoms with Gasteiger partial charge in [0.2, 0.25) is 0 Å². The fourth-order valence-corrected chi connectivity index (χ4v) is 4.08. The average molecular weight is 452 g/mol. The fourth-order valence-electron chi connectivity index (χ4n) is 3.81. The van der Waals surface area contributed by atoms with Crippen LogP contribution in [0.25, 0.3) is 11.1 Å². The Hall–Kier alpha value is -2.63. The highest BCUT2D eigenvalue weighted by Crippen LogP contribution is 2.44. The van der Waals surface area contributed by atoms with Crippen LogP contribution in [0.4, 0.5) is 4.79 Å². The summed E-state index contributed by atoms with van der Waals surface area (Å²) in [7, 11) is 0. The molecular weight excluding hydrogens is 430 g/mol. The Balaban J connectivity index is 1.30. The van der Waals surface area contributed by atoms with Crippen LogP contribution in [0.15, 0.2) is 77.3 Å². The van der Waals surface area contributed by atoms with Gasteiger partial charge >= 0.3 is 6.09 Å². The molecule has 0 spiro atoms. The van der Waals surface area contributed by atoms with Crippen molar-refractivity contribution in [3.05, 3.63) is 94.0 Å². The first-order valence-corrected chi connectivity index (χ1v) is 10.4. The summed E-state index contributed by atoms with van der Waals surface area (Å²) >= 11 is 3.38. The van der Waals surface area contributed by atoms with Gasteiger partial charge < -0.3 is 15.2 Å². The molecule has 148 valence electrons. The monoisotopic (exact) mass is 451 g/mol. The molecule has 0 fully saturated rings. The molecular formula is C24H22BrNO3. The number of fused-ring (bicyclic) bond motifs is 3. The van der Waals surface area contributed by atoms with Crippen LogP contribution in [-0.4, -0.2) is 24.4 Å². The Bertz CT molecular complexity index is 958. The minimum absolute atomic E-state index is 0.0431. The van der Waals surface area contributed by atoms with Crippen LogP contribution in [0.1, 0.15) is 35.1 Å². The van der Waals surface area contributed by atoms with Crippen LogP contribution >= 0.6 is 15.9 Å². The summed E-state index contributed by atoms with van der Waals surface area (Å²) in [5.74, 6) is 0.0431. The smallest absolute Gasteiger partial charge is 0.407 e. The van der Waals surface area contributed by atoms with Gasteiger partial charge in [-0.15, -0.1) is 0 Å². The normalized spacial score (nSPS) is 13.4. The number of hydrogen-bond acceptors (Lipinski definition) is 3. The van der Waals surface area contributed by atoms with Gasteiger partial charge in [-0.2, -0.15) is 0 Å². The van der Waals surface area contributed by atoms with E-state index in [1.54, 1.807) is 0 Å². The van der Waals surface area contributed by atoms with Crippen molar-refractivity contribution in [3.63, 3.8) is 0 Å². The van der Waals surface area contributed by atoms with Gasteiger partial charge in [-0.1, -0.05) is 76.6 Å². The third kappa shape index (κ3) is 4.36. The molecule has 1 aliphatic rings. The summed E-state index contributed by atoms with van der Waals surface area (Å²) in [6.07, 6.45) is -0.668. The number of benzene rings is 3. The lowest BCUT2D eigenvalue weighted by atomic mass is 9.98. The molecule has 0 aromatic heterocycles. The molecule has 0 saturated carbocycles. The third-order valence-electron chi connectivity index (χ3n) is 5.29. The Kier molecular flexibility index (Phi) is 5.97. The lowest BCUT2D eigenvalue weighted by molar-refractivity contribution is 0.136. The van der Waals surface area contributed by atoms with Crippen molar-refractivity contribution in [1.29, 1.82) is 0 Å². The summed E-state index contributed by atoms with van der Waals surface area (Å²) in [5.41, 5.74) is 5.60. The van der Waals surface area contributed by atoms with Gasteiger partial charge in [0.25, 0.3) is 0 Å². The molecule has 0 bridgehead atoms. The van der Waals surface area contributed by atoms with Gasteiger partial charge in [0, 0.05) is 16.9 Å². The van der Waals surface area contributed by atoms with Crippen molar-refractivity contribution in [1.82, 2.24) is 5.32 Å². The van der Waals surface area contributed by atoms with Gasteiger partial charge in [0.15, 0.2) is 0 Å². The number of halogens is 1. The molecule has 1 atom stereocenters. The molecule has 4 rings (SSSR count). The van der Waals surface area contributed by atoms with E-state index in [1.165, 1.54) is 22.3 Å². The maximum Gasteiger partial charge on any atom is 0.407 e.